The fourth-order valence-electron chi connectivity index (χ4n) is 3.50. The van der Waals surface area contributed by atoms with Crippen LogP contribution in [0.4, 0.5) is 23.2 Å². The second-order valence-corrected chi connectivity index (χ2v) is 7.71. The van der Waals surface area contributed by atoms with Crippen molar-refractivity contribution in [1.29, 1.82) is 0 Å². The summed E-state index contributed by atoms with van der Waals surface area (Å²) >= 11 is 1.10. The van der Waals surface area contributed by atoms with Crippen LogP contribution in [0, 0.1) is 18.2 Å². The van der Waals surface area contributed by atoms with Gasteiger partial charge in [0, 0.05) is 24.1 Å². The number of alkyl halides is 3. The van der Waals surface area contributed by atoms with E-state index < -0.39 is 30.5 Å². The highest BCUT2D eigenvalue weighted by atomic mass is 32.1. The second-order valence-electron chi connectivity index (χ2n) is 6.85. The molecule has 2 aromatic rings. The van der Waals surface area contributed by atoms with Gasteiger partial charge >= 0.3 is 6.18 Å². The molecule has 1 atom stereocenters. The van der Waals surface area contributed by atoms with Gasteiger partial charge in [-0.3, -0.25) is 9.69 Å². The summed E-state index contributed by atoms with van der Waals surface area (Å²) < 4.78 is 57.9. The first kappa shape index (κ1) is 22.1. The molecule has 10 heteroatoms. The molecule has 1 aliphatic heterocycles. The van der Waals surface area contributed by atoms with Gasteiger partial charge in [0.1, 0.15) is 17.3 Å². The van der Waals surface area contributed by atoms with Gasteiger partial charge in [-0.25, -0.2) is 9.37 Å². The molecule has 0 radical (unpaired) electrons. The highest BCUT2D eigenvalue weighted by Crippen LogP contribution is 2.30. The minimum atomic E-state index is -4.35. The molecule has 1 saturated heterocycles. The van der Waals surface area contributed by atoms with Crippen molar-refractivity contribution in [1.82, 2.24) is 9.88 Å². The predicted molar refractivity (Wildman–Crippen MR) is 105 cm³/mol. The Morgan fingerprint density at radius 1 is 1.43 bits per heavy atom. The van der Waals surface area contributed by atoms with Gasteiger partial charge in [-0.2, -0.15) is 13.2 Å². The number of ether oxygens (including phenoxy) is 1. The van der Waals surface area contributed by atoms with Gasteiger partial charge in [0.15, 0.2) is 5.01 Å². The van der Waals surface area contributed by atoms with Crippen LogP contribution in [-0.4, -0.2) is 54.8 Å². The number of carbonyl (C=O) groups excluding carboxylic acids is 1. The fraction of sp³-hybridized carbons (Fsp3) is 0.400. The standard InChI is InChI=1S/C20H19F4N3O2S/c1-3-18-25-17(11-30-18)19(28)27(15-7-13(21)8-16(9-15)29-2)14-5-4-6-26(10-14)12-20(22,23)24/h1,7-9,11,14H,4-6,10,12H2,2H3. The number of nitrogens with zero attached hydrogens (tertiary/aromatic N) is 3. The third-order valence-corrected chi connectivity index (χ3v) is 5.46. The summed E-state index contributed by atoms with van der Waals surface area (Å²) in [7, 11) is 1.36. The summed E-state index contributed by atoms with van der Waals surface area (Å²) in [6, 6.07) is 3.17. The molecule has 0 aliphatic carbocycles. The number of aromatic nitrogens is 1. The Kier molecular flexibility index (Phi) is 6.63. The average molecular weight is 441 g/mol. The molecule has 5 nitrogen and oxygen atoms in total. The van der Waals surface area contributed by atoms with Crippen LogP contribution in [0.1, 0.15) is 28.3 Å². The highest BCUT2D eigenvalue weighted by Gasteiger charge is 2.36. The first-order chi connectivity index (χ1) is 14.2. The molecule has 1 aliphatic rings. The van der Waals surface area contributed by atoms with Gasteiger partial charge < -0.3 is 9.64 Å². The van der Waals surface area contributed by atoms with E-state index in [4.69, 9.17) is 11.2 Å². The zero-order chi connectivity index (χ0) is 21.9. The zero-order valence-corrected chi connectivity index (χ0v) is 16.9. The second kappa shape index (κ2) is 9.02. The molecule has 0 N–H and O–H groups in total. The van der Waals surface area contributed by atoms with Crippen molar-refractivity contribution in [2.75, 3.05) is 31.6 Å². The predicted octanol–water partition coefficient (Wildman–Crippen LogP) is 3.95. The maximum atomic E-state index is 14.1. The molecular weight excluding hydrogens is 422 g/mol. The van der Waals surface area contributed by atoms with E-state index in [0.717, 1.165) is 23.5 Å². The first-order valence-corrected chi connectivity index (χ1v) is 9.97. The van der Waals surface area contributed by atoms with Gasteiger partial charge in [0.25, 0.3) is 5.91 Å². The molecule has 0 spiro atoms. The number of anilines is 1. The largest absolute Gasteiger partial charge is 0.497 e. The molecule has 0 saturated carbocycles. The summed E-state index contributed by atoms with van der Waals surface area (Å²) in [5.74, 6) is 1.34. The minimum Gasteiger partial charge on any atom is -0.497 e. The Morgan fingerprint density at radius 2 is 2.20 bits per heavy atom. The van der Waals surface area contributed by atoms with Crippen molar-refractivity contribution in [3.05, 3.63) is 40.1 Å². The summed E-state index contributed by atoms with van der Waals surface area (Å²) in [4.78, 5) is 19.9. The van der Waals surface area contributed by atoms with Crippen LogP contribution in [0.15, 0.2) is 23.6 Å². The molecule has 1 aromatic heterocycles. The van der Waals surface area contributed by atoms with Gasteiger partial charge in [-0.1, -0.05) is 0 Å². The molecule has 1 aromatic carbocycles. The Bertz CT molecular complexity index is 954. The van der Waals surface area contributed by atoms with E-state index >= 15 is 0 Å². The van der Waals surface area contributed by atoms with E-state index in [1.165, 1.54) is 28.4 Å². The monoisotopic (exact) mass is 441 g/mol. The van der Waals surface area contributed by atoms with Crippen LogP contribution >= 0.6 is 11.3 Å². The number of amides is 1. The third kappa shape index (κ3) is 5.29. The van der Waals surface area contributed by atoms with E-state index in [0.29, 0.717) is 17.8 Å². The molecule has 160 valence electrons. The van der Waals surface area contributed by atoms with Crippen LogP contribution in [-0.2, 0) is 0 Å². The number of piperidine rings is 1. The van der Waals surface area contributed by atoms with Gasteiger partial charge in [0.05, 0.1) is 25.4 Å². The van der Waals surface area contributed by atoms with Crippen molar-refractivity contribution in [3.8, 4) is 18.1 Å². The lowest BCUT2D eigenvalue weighted by molar-refractivity contribution is -0.148. The number of likely N-dealkylation sites (tertiary alicyclic amines) is 1. The van der Waals surface area contributed by atoms with Gasteiger partial charge in [-0.15, -0.1) is 17.8 Å². The van der Waals surface area contributed by atoms with Crippen molar-refractivity contribution >= 4 is 22.9 Å². The Labute approximate surface area is 175 Å². The molecule has 30 heavy (non-hydrogen) atoms. The number of hydrogen-bond donors (Lipinski definition) is 0. The first-order valence-electron chi connectivity index (χ1n) is 9.09. The molecule has 0 bridgehead atoms. The van der Waals surface area contributed by atoms with Crippen LogP contribution in [0.5, 0.6) is 5.75 Å². The van der Waals surface area contributed by atoms with E-state index in [1.807, 2.05) is 0 Å². The molecule has 1 unspecified atom stereocenters. The summed E-state index contributed by atoms with van der Waals surface area (Å²) in [5, 5.41) is 1.79. The lowest BCUT2D eigenvalue weighted by Gasteiger charge is -2.39. The third-order valence-electron chi connectivity index (χ3n) is 4.68. The lowest BCUT2D eigenvalue weighted by Crippen LogP contribution is -2.52. The van der Waals surface area contributed by atoms with E-state index in [-0.39, 0.29) is 30.2 Å². The quantitative estimate of drug-likeness (QED) is 0.521. The van der Waals surface area contributed by atoms with Crippen molar-refractivity contribution in [3.63, 3.8) is 0 Å². The normalized spacial score (nSPS) is 17.4. The minimum absolute atomic E-state index is 0.00376. The molecule has 3 rings (SSSR count). The maximum Gasteiger partial charge on any atom is 0.401 e. The molecule has 1 fully saturated rings. The number of rotatable bonds is 5. The Balaban J connectivity index is 1.98. The van der Waals surface area contributed by atoms with Crippen molar-refractivity contribution in [2.24, 2.45) is 0 Å². The number of halogens is 4. The number of benzene rings is 1. The van der Waals surface area contributed by atoms with E-state index in [2.05, 4.69) is 10.9 Å². The number of methoxy groups -OCH3 is 1. The SMILES string of the molecule is C#Cc1nc(C(=O)N(c2cc(F)cc(OC)c2)C2CCCN(CC(F)(F)F)C2)cs1. The fourth-order valence-corrected chi connectivity index (χ4v) is 4.10. The topological polar surface area (TPSA) is 45.7 Å². The maximum absolute atomic E-state index is 14.1. The molecular formula is C20H19F4N3O2S. The van der Waals surface area contributed by atoms with Crippen molar-refractivity contribution < 1.29 is 27.1 Å². The number of thiazole rings is 1. The number of hydrogen-bond acceptors (Lipinski definition) is 5. The van der Waals surface area contributed by atoms with Crippen LogP contribution in [0.3, 0.4) is 0 Å². The van der Waals surface area contributed by atoms with Crippen LogP contribution in [0.2, 0.25) is 0 Å². The summed E-state index contributed by atoms with van der Waals surface area (Å²) in [5.41, 5.74) is 0.245. The zero-order valence-electron chi connectivity index (χ0n) is 16.1. The molecule has 2 heterocycles. The lowest BCUT2D eigenvalue weighted by atomic mass is 10.0. The van der Waals surface area contributed by atoms with Gasteiger partial charge in [-0.05, 0) is 31.4 Å². The highest BCUT2D eigenvalue weighted by molar-refractivity contribution is 7.10. The Hall–Kier alpha value is -2.64. The van der Waals surface area contributed by atoms with Crippen molar-refractivity contribution in [2.45, 2.75) is 25.1 Å². The number of carbonyl (C=O) groups is 1. The van der Waals surface area contributed by atoms with Gasteiger partial charge in [0.2, 0.25) is 0 Å². The van der Waals surface area contributed by atoms with Crippen LogP contribution in [0.25, 0.3) is 0 Å². The van der Waals surface area contributed by atoms with E-state index in [1.54, 1.807) is 0 Å². The number of terminal acetylenes is 1. The smallest absolute Gasteiger partial charge is 0.401 e. The summed E-state index contributed by atoms with van der Waals surface area (Å²) in [6.07, 6.45) is 1.90. The van der Waals surface area contributed by atoms with Crippen LogP contribution < -0.4 is 9.64 Å². The Morgan fingerprint density at radius 3 is 2.83 bits per heavy atom. The van der Waals surface area contributed by atoms with E-state index in [9.17, 15) is 22.4 Å². The molecule has 1 amide bonds. The average Bonchev–Trinajstić information content (AvgIpc) is 3.16. The summed E-state index contributed by atoms with van der Waals surface area (Å²) in [6.45, 7) is -0.811.